The monoisotopic (exact) mass is 243 g/mol. The van der Waals surface area contributed by atoms with E-state index < -0.39 is 0 Å². The number of benzene rings is 1. The smallest absolute Gasteiger partial charge is 0.0653 e. The van der Waals surface area contributed by atoms with Crippen molar-refractivity contribution in [3.8, 4) is 0 Å². The third kappa shape index (κ3) is 2.15. The summed E-state index contributed by atoms with van der Waals surface area (Å²) in [5.41, 5.74) is 3.96. The van der Waals surface area contributed by atoms with Gasteiger partial charge in [-0.2, -0.15) is 5.10 Å². The zero-order chi connectivity index (χ0) is 12.5. The van der Waals surface area contributed by atoms with Crippen LogP contribution in [0.25, 0.3) is 10.9 Å². The van der Waals surface area contributed by atoms with Crippen molar-refractivity contribution >= 4 is 10.9 Å². The van der Waals surface area contributed by atoms with Crippen LogP contribution < -0.4 is 0 Å². The standard InChI is InChI=1S/C15H21N3/c1-11-5-7-18(8-6-11)10-13-3-4-15-14(12(13)2)9-16-17-15/h3-4,9,11H,5-8,10H2,1-2H3,(H,16,17). The number of aryl methyl sites for hydroxylation is 1. The molecule has 96 valence electrons. The third-order valence-electron chi connectivity index (χ3n) is 4.28. The fourth-order valence-electron chi connectivity index (χ4n) is 2.84. The van der Waals surface area contributed by atoms with E-state index >= 15 is 0 Å². The molecule has 2 aromatic rings. The van der Waals surface area contributed by atoms with Crippen molar-refractivity contribution in [1.29, 1.82) is 0 Å². The molecule has 1 N–H and O–H groups in total. The van der Waals surface area contributed by atoms with Gasteiger partial charge in [0, 0.05) is 11.9 Å². The Kier molecular flexibility index (Phi) is 3.08. The van der Waals surface area contributed by atoms with Gasteiger partial charge in [0.2, 0.25) is 0 Å². The van der Waals surface area contributed by atoms with Crippen LogP contribution in [-0.2, 0) is 6.54 Å². The number of H-pyrrole nitrogens is 1. The Morgan fingerprint density at radius 1 is 1.33 bits per heavy atom. The molecule has 3 nitrogen and oxygen atoms in total. The molecule has 0 unspecified atom stereocenters. The highest BCUT2D eigenvalue weighted by Gasteiger charge is 2.16. The molecule has 1 aromatic carbocycles. The Labute approximate surface area is 108 Å². The molecule has 1 fully saturated rings. The molecule has 0 radical (unpaired) electrons. The first-order valence-electron chi connectivity index (χ1n) is 6.88. The van der Waals surface area contributed by atoms with E-state index in [1.54, 1.807) is 0 Å². The quantitative estimate of drug-likeness (QED) is 0.879. The zero-order valence-corrected chi connectivity index (χ0v) is 11.2. The number of rotatable bonds is 2. The van der Waals surface area contributed by atoms with Crippen LogP contribution in [0.4, 0.5) is 0 Å². The Bertz CT molecular complexity index is 536. The summed E-state index contributed by atoms with van der Waals surface area (Å²) in [4.78, 5) is 2.58. The Morgan fingerprint density at radius 3 is 2.89 bits per heavy atom. The first kappa shape index (κ1) is 11.7. The summed E-state index contributed by atoms with van der Waals surface area (Å²) in [6.45, 7) is 8.13. The first-order chi connectivity index (χ1) is 8.74. The molecule has 0 amide bonds. The SMILES string of the molecule is Cc1c(CN2CCC(C)CC2)ccc2[nH]ncc12. The number of hydrogen-bond donors (Lipinski definition) is 1. The maximum Gasteiger partial charge on any atom is 0.0653 e. The van der Waals surface area contributed by atoms with Gasteiger partial charge in [-0.25, -0.2) is 0 Å². The molecule has 3 rings (SSSR count). The van der Waals surface area contributed by atoms with Crippen LogP contribution in [0.2, 0.25) is 0 Å². The van der Waals surface area contributed by atoms with Crippen LogP contribution in [-0.4, -0.2) is 28.2 Å². The molecule has 0 aliphatic carbocycles. The van der Waals surface area contributed by atoms with Crippen molar-refractivity contribution in [3.05, 3.63) is 29.5 Å². The number of nitrogens with one attached hydrogen (secondary N) is 1. The predicted octanol–water partition coefficient (Wildman–Crippen LogP) is 3.10. The van der Waals surface area contributed by atoms with Gasteiger partial charge in [-0.3, -0.25) is 10.00 Å². The number of nitrogens with zero attached hydrogens (tertiary/aromatic N) is 2. The van der Waals surface area contributed by atoms with E-state index in [1.807, 2.05) is 6.20 Å². The molecule has 18 heavy (non-hydrogen) atoms. The number of piperidine rings is 1. The summed E-state index contributed by atoms with van der Waals surface area (Å²) in [7, 11) is 0. The van der Waals surface area contributed by atoms with Crippen molar-refractivity contribution in [2.75, 3.05) is 13.1 Å². The van der Waals surface area contributed by atoms with Gasteiger partial charge in [0.05, 0.1) is 11.7 Å². The highest BCUT2D eigenvalue weighted by atomic mass is 15.1. The lowest BCUT2D eigenvalue weighted by Crippen LogP contribution is -2.32. The number of likely N-dealkylation sites (tertiary alicyclic amines) is 1. The zero-order valence-electron chi connectivity index (χ0n) is 11.2. The topological polar surface area (TPSA) is 31.9 Å². The van der Waals surface area contributed by atoms with Crippen molar-refractivity contribution in [3.63, 3.8) is 0 Å². The molecule has 1 aliphatic rings. The highest BCUT2D eigenvalue weighted by molar-refractivity contribution is 5.82. The Hall–Kier alpha value is -1.35. The van der Waals surface area contributed by atoms with Gasteiger partial charge in [0.1, 0.15) is 0 Å². The highest BCUT2D eigenvalue weighted by Crippen LogP contribution is 2.23. The van der Waals surface area contributed by atoms with Gasteiger partial charge in [-0.05, 0) is 56.0 Å². The lowest BCUT2D eigenvalue weighted by molar-refractivity contribution is 0.185. The minimum Gasteiger partial charge on any atom is -0.299 e. The van der Waals surface area contributed by atoms with Crippen LogP contribution in [0.5, 0.6) is 0 Å². The fourth-order valence-corrected chi connectivity index (χ4v) is 2.84. The van der Waals surface area contributed by atoms with E-state index in [-0.39, 0.29) is 0 Å². The second kappa shape index (κ2) is 4.73. The van der Waals surface area contributed by atoms with Crippen LogP contribution in [0.1, 0.15) is 30.9 Å². The summed E-state index contributed by atoms with van der Waals surface area (Å²) in [5, 5.41) is 8.42. The van der Waals surface area contributed by atoms with E-state index in [2.05, 4.69) is 41.1 Å². The number of aromatic amines is 1. The molecule has 1 saturated heterocycles. The van der Waals surface area contributed by atoms with Crippen LogP contribution >= 0.6 is 0 Å². The molecular weight excluding hydrogens is 222 g/mol. The number of fused-ring (bicyclic) bond motifs is 1. The molecule has 1 aliphatic heterocycles. The fraction of sp³-hybridized carbons (Fsp3) is 0.533. The summed E-state index contributed by atoms with van der Waals surface area (Å²) in [5.74, 6) is 0.902. The summed E-state index contributed by atoms with van der Waals surface area (Å²) in [6, 6.07) is 4.39. The average molecular weight is 243 g/mol. The van der Waals surface area contributed by atoms with E-state index in [9.17, 15) is 0 Å². The molecule has 0 bridgehead atoms. The minimum atomic E-state index is 0.902. The van der Waals surface area contributed by atoms with Gasteiger partial charge in [-0.1, -0.05) is 13.0 Å². The molecular formula is C15H21N3. The van der Waals surface area contributed by atoms with Crippen LogP contribution in [0.15, 0.2) is 18.3 Å². The van der Waals surface area contributed by atoms with E-state index in [0.29, 0.717) is 0 Å². The lowest BCUT2D eigenvalue weighted by atomic mass is 9.98. The summed E-state index contributed by atoms with van der Waals surface area (Å²) < 4.78 is 0. The van der Waals surface area contributed by atoms with Crippen molar-refractivity contribution < 1.29 is 0 Å². The minimum absolute atomic E-state index is 0.902. The van der Waals surface area contributed by atoms with Crippen LogP contribution in [0, 0.1) is 12.8 Å². The first-order valence-corrected chi connectivity index (χ1v) is 6.88. The van der Waals surface area contributed by atoms with E-state index in [1.165, 1.54) is 42.4 Å². The normalized spacial score (nSPS) is 18.6. The van der Waals surface area contributed by atoms with Gasteiger partial charge in [0.25, 0.3) is 0 Å². The van der Waals surface area contributed by atoms with Crippen molar-refractivity contribution in [2.24, 2.45) is 5.92 Å². The van der Waals surface area contributed by atoms with Gasteiger partial charge < -0.3 is 0 Å². The lowest BCUT2D eigenvalue weighted by Gasteiger charge is -2.30. The number of aromatic nitrogens is 2. The Balaban J connectivity index is 1.80. The molecule has 1 aromatic heterocycles. The second-order valence-electron chi connectivity index (χ2n) is 5.64. The third-order valence-corrected chi connectivity index (χ3v) is 4.28. The molecule has 2 heterocycles. The summed E-state index contributed by atoms with van der Waals surface area (Å²) in [6.07, 6.45) is 4.62. The maximum atomic E-state index is 4.12. The van der Waals surface area contributed by atoms with Crippen molar-refractivity contribution in [1.82, 2.24) is 15.1 Å². The van der Waals surface area contributed by atoms with E-state index in [4.69, 9.17) is 0 Å². The van der Waals surface area contributed by atoms with Crippen LogP contribution in [0.3, 0.4) is 0 Å². The second-order valence-corrected chi connectivity index (χ2v) is 5.64. The molecule has 0 spiro atoms. The molecule has 3 heteroatoms. The van der Waals surface area contributed by atoms with Gasteiger partial charge in [-0.15, -0.1) is 0 Å². The van der Waals surface area contributed by atoms with Crippen molar-refractivity contribution in [2.45, 2.75) is 33.2 Å². The van der Waals surface area contributed by atoms with E-state index in [0.717, 1.165) is 18.0 Å². The Morgan fingerprint density at radius 2 is 2.11 bits per heavy atom. The predicted molar refractivity (Wildman–Crippen MR) is 74.5 cm³/mol. The average Bonchev–Trinajstić information content (AvgIpc) is 2.84. The summed E-state index contributed by atoms with van der Waals surface area (Å²) >= 11 is 0. The maximum absolute atomic E-state index is 4.12. The molecule has 0 atom stereocenters. The van der Waals surface area contributed by atoms with Gasteiger partial charge >= 0.3 is 0 Å². The molecule has 0 saturated carbocycles. The number of hydrogen-bond acceptors (Lipinski definition) is 2. The van der Waals surface area contributed by atoms with Gasteiger partial charge in [0.15, 0.2) is 0 Å². The largest absolute Gasteiger partial charge is 0.299 e.